The number of hydrogen-bond acceptors (Lipinski definition) is 2. The van der Waals surface area contributed by atoms with E-state index >= 15 is 0 Å². The van der Waals surface area contributed by atoms with Crippen molar-refractivity contribution in [1.29, 1.82) is 0 Å². The summed E-state index contributed by atoms with van der Waals surface area (Å²) < 4.78 is 0.968. The number of amides is 2. The van der Waals surface area contributed by atoms with E-state index in [-0.39, 0.29) is 11.8 Å². The Hall–Kier alpha value is -1.76. The van der Waals surface area contributed by atoms with Crippen LogP contribution in [0.2, 0.25) is 0 Å². The first-order valence-electron chi connectivity index (χ1n) is 5.27. The molecule has 0 aliphatic carbocycles. The van der Waals surface area contributed by atoms with E-state index in [1.807, 2.05) is 24.3 Å². The predicted molar refractivity (Wildman–Crippen MR) is 79.9 cm³/mol. The molecule has 0 aliphatic heterocycles. The molecule has 0 unspecified atom stereocenters. The highest BCUT2D eigenvalue weighted by Crippen LogP contribution is 2.18. The van der Waals surface area contributed by atoms with Crippen molar-refractivity contribution in [2.45, 2.75) is 0 Å². The topological polar surface area (TPSA) is 61.4 Å². The molecular formula is C13H11IN2O2. The van der Waals surface area contributed by atoms with Gasteiger partial charge in [-0.25, -0.2) is 4.79 Å². The van der Waals surface area contributed by atoms with Crippen molar-refractivity contribution in [3.8, 4) is 5.75 Å². The third-order valence-corrected chi connectivity index (χ3v) is 3.19. The van der Waals surface area contributed by atoms with Crippen LogP contribution in [-0.2, 0) is 0 Å². The zero-order valence-electron chi connectivity index (χ0n) is 9.35. The third kappa shape index (κ3) is 3.36. The minimum Gasteiger partial charge on any atom is -0.508 e. The Morgan fingerprint density at radius 2 is 1.67 bits per heavy atom. The van der Waals surface area contributed by atoms with Crippen molar-refractivity contribution in [3.05, 3.63) is 52.1 Å². The molecule has 0 heterocycles. The van der Waals surface area contributed by atoms with E-state index in [2.05, 4.69) is 33.2 Å². The van der Waals surface area contributed by atoms with Gasteiger partial charge in [-0.3, -0.25) is 0 Å². The number of phenols is 1. The lowest BCUT2D eigenvalue weighted by Gasteiger charge is -2.08. The number of urea groups is 1. The van der Waals surface area contributed by atoms with Crippen LogP contribution in [0, 0.1) is 3.57 Å². The second-order valence-electron chi connectivity index (χ2n) is 3.61. The van der Waals surface area contributed by atoms with Gasteiger partial charge in [-0.05, 0) is 59.0 Å². The number of anilines is 2. The van der Waals surface area contributed by atoms with E-state index in [9.17, 15) is 4.79 Å². The van der Waals surface area contributed by atoms with Crippen LogP contribution >= 0.6 is 22.6 Å². The lowest BCUT2D eigenvalue weighted by Crippen LogP contribution is -2.19. The number of halogens is 1. The van der Waals surface area contributed by atoms with Gasteiger partial charge in [-0.15, -0.1) is 0 Å². The molecular weight excluding hydrogens is 343 g/mol. The minimum absolute atomic E-state index is 0.165. The Balaban J connectivity index is 2.01. The van der Waals surface area contributed by atoms with E-state index < -0.39 is 0 Å². The number of phenolic OH excluding ortho intramolecular Hbond substituents is 1. The monoisotopic (exact) mass is 354 g/mol. The SMILES string of the molecule is O=C(Nc1ccc(O)cc1)Nc1ccccc1I. The maximum atomic E-state index is 11.7. The molecule has 0 bridgehead atoms. The first-order valence-corrected chi connectivity index (χ1v) is 6.34. The molecule has 2 aromatic rings. The van der Waals surface area contributed by atoms with Gasteiger partial charge in [0.15, 0.2) is 0 Å². The first-order chi connectivity index (χ1) is 8.65. The summed E-state index contributed by atoms with van der Waals surface area (Å²) in [4.78, 5) is 11.7. The van der Waals surface area contributed by atoms with E-state index in [0.29, 0.717) is 5.69 Å². The summed E-state index contributed by atoms with van der Waals surface area (Å²) in [7, 11) is 0. The molecule has 0 aliphatic rings. The zero-order chi connectivity index (χ0) is 13.0. The molecule has 0 radical (unpaired) electrons. The smallest absolute Gasteiger partial charge is 0.323 e. The summed E-state index contributed by atoms with van der Waals surface area (Å²) in [6.07, 6.45) is 0. The number of carbonyl (C=O) groups is 1. The molecule has 0 saturated carbocycles. The van der Waals surface area contributed by atoms with Crippen molar-refractivity contribution in [2.75, 3.05) is 10.6 Å². The number of rotatable bonds is 2. The van der Waals surface area contributed by atoms with Gasteiger partial charge in [0.1, 0.15) is 5.75 Å². The highest BCUT2D eigenvalue weighted by Gasteiger charge is 2.04. The van der Waals surface area contributed by atoms with Gasteiger partial charge in [0.2, 0.25) is 0 Å². The third-order valence-electron chi connectivity index (χ3n) is 2.25. The van der Waals surface area contributed by atoms with Gasteiger partial charge in [-0.2, -0.15) is 0 Å². The van der Waals surface area contributed by atoms with Crippen LogP contribution in [0.25, 0.3) is 0 Å². The summed E-state index contributed by atoms with van der Waals surface area (Å²) in [5.41, 5.74) is 1.38. The first kappa shape index (κ1) is 12.7. The van der Waals surface area contributed by atoms with Crippen LogP contribution in [0.3, 0.4) is 0 Å². The molecule has 92 valence electrons. The largest absolute Gasteiger partial charge is 0.508 e. The van der Waals surface area contributed by atoms with Crippen LogP contribution in [0.4, 0.5) is 16.2 Å². The molecule has 2 amide bonds. The maximum Gasteiger partial charge on any atom is 0.323 e. The average molecular weight is 354 g/mol. The van der Waals surface area contributed by atoms with Crippen LogP contribution in [0.5, 0.6) is 5.75 Å². The molecule has 0 fully saturated rings. The summed E-state index contributed by atoms with van der Waals surface area (Å²) >= 11 is 2.15. The van der Waals surface area contributed by atoms with E-state index in [1.165, 1.54) is 12.1 Å². The van der Waals surface area contributed by atoms with E-state index in [0.717, 1.165) is 9.26 Å². The van der Waals surface area contributed by atoms with Crippen LogP contribution in [0.15, 0.2) is 48.5 Å². The van der Waals surface area contributed by atoms with Gasteiger partial charge in [0.25, 0.3) is 0 Å². The highest BCUT2D eigenvalue weighted by molar-refractivity contribution is 14.1. The Bertz CT molecular complexity index is 555. The van der Waals surface area contributed by atoms with Gasteiger partial charge in [0.05, 0.1) is 5.69 Å². The number of aromatic hydroxyl groups is 1. The van der Waals surface area contributed by atoms with Crippen LogP contribution < -0.4 is 10.6 Å². The van der Waals surface area contributed by atoms with E-state index in [1.54, 1.807) is 12.1 Å². The number of hydrogen-bond donors (Lipinski definition) is 3. The molecule has 5 heteroatoms. The molecule has 0 spiro atoms. The summed E-state index contributed by atoms with van der Waals surface area (Å²) in [5, 5.41) is 14.6. The Kier molecular flexibility index (Phi) is 4.03. The predicted octanol–water partition coefficient (Wildman–Crippen LogP) is 3.64. The molecule has 18 heavy (non-hydrogen) atoms. The summed E-state index contributed by atoms with van der Waals surface area (Å²) in [6.45, 7) is 0. The fourth-order valence-electron chi connectivity index (χ4n) is 1.39. The minimum atomic E-state index is -0.315. The van der Waals surface area contributed by atoms with Crippen molar-refractivity contribution < 1.29 is 9.90 Å². The molecule has 0 saturated heterocycles. The molecule has 4 nitrogen and oxygen atoms in total. The lowest BCUT2D eigenvalue weighted by atomic mass is 10.3. The molecule has 2 aromatic carbocycles. The summed E-state index contributed by atoms with van der Waals surface area (Å²) in [5.74, 6) is 0.165. The zero-order valence-corrected chi connectivity index (χ0v) is 11.5. The average Bonchev–Trinajstić information content (AvgIpc) is 2.35. The molecule has 0 atom stereocenters. The Labute approximate surface area is 118 Å². The standard InChI is InChI=1S/C13H11IN2O2/c14-11-3-1-2-4-12(11)16-13(18)15-9-5-7-10(17)8-6-9/h1-8,17H,(H2,15,16,18). The second-order valence-corrected chi connectivity index (χ2v) is 4.77. The lowest BCUT2D eigenvalue weighted by molar-refractivity contribution is 0.262. The highest BCUT2D eigenvalue weighted by atomic mass is 127. The Morgan fingerprint density at radius 3 is 2.33 bits per heavy atom. The van der Waals surface area contributed by atoms with E-state index in [4.69, 9.17) is 5.11 Å². The maximum absolute atomic E-state index is 11.7. The Morgan fingerprint density at radius 1 is 1.00 bits per heavy atom. The molecule has 3 N–H and O–H groups in total. The number of carbonyl (C=O) groups excluding carboxylic acids is 1. The van der Waals surface area contributed by atoms with Crippen molar-refractivity contribution in [2.24, 2.45) is 0 Å². The van der Waals surface area contributed by atoms with Crippen molar-refractivity contribution in [1.82, 2.24) is 0 Å². The fourth-order valence-corrected chi connectivity index (χ4v) is 1.91. The number of benzene rings is 2. The van der Waals surface area contributed by atoms with Gasteiger partial charge < -0.3 is 15.7 Å². The number of para-hydroxylation sites is 1. The van der Waals surface area contributed by atoms with Crippen LogP contribution in [0.1, 0.15) is 0 Å². The second kappa shape index (κ2) is 5.72. The molecule has 2 rings (SSSR count). The fraction of sp³-hybridized carbons (Fsp3) is 0. The van der Waals surface area contributed by atoms with Gasteiger partial charge >= 0.3 is 6.03 Å². The summed E-state index contributed by atoms with van der Waals surface area (Å²) in [6, 6.07) is 13.5. The number of nitrogens with one attached hydrogen (secondary N) is 2. The quantitative estimate of drug-likeness (QED) is 0.570. The van der Waals surface area contributed by atoms with Crippen molar-refractivity contribution in [3.63, 3.8) is 0 Å². The van der Waals surface area contributed by atoms with Crippen molar-refractivity contribution >= 4 is 40.0 Å². The normalized spacial score (nSPS) is 9.83. The van der Waals surface area contributed by atoms with Crippen LogP contribution in [-0.4, -0.2) is 11.1 Å². The molecule has 0 aromatic heterocycles. The van der Waals surface area contributed by atoms with Gasteiger partial charge in [-0.1, -0.05) is 12.1 Å². The van der Waals surface area contributed by atoms with Gasteiger partial charge in [0, 0.05) is 9.26 Å².